The van der Waals surface area contributed by atoms with Crippen LogP contribution in [0.25, 0.3) is 5.69 Å². The zero-order chi connectivity index (χ0) is 58.3. The maximum Gasteiger partial charge on any atom is 0.316 e. The Labute approximate surface area is 468 Å². The zero-order valence-electron chi connectivity index (χ0n) is 47.8. The molecule has 2 N–H and O–H groups in total. The molecule has 2 bridgehead atoms. The molecule has 3 saturated heterocycles. The van der Waals surface area contributed by atoms with Gasteiger partial charge >= 0.3 is 5.97 Å². The number of likely N-dealkylation sites (N-methyl/N-ethyl adjacent to an activating group) is 1. The van der Waals surface area contributed by atoms with Crippen LogP contribution in [0.4, 0.5) is 4.39 Å². The van der Waals surface area contributed by atoms with Crippen molar-refractivity contribution in [3.05, 3.63) is 84.2 Å². The number of aromatic nitrogens is 6. The van der Waals surface area contributed by atoms with Crippen molar-refractivity contribution in [3.8, 4) is 5.69 Å². The molecule has 3 aliphatic heterocycles. The monoisotopic (exact) mass is 1130 g/mol. The van der Waals surface area contributed by atoms with E-state index in [1.807, 2.05) is 57.1 Å². The Balaban J connectivity index is 1.19. The van der Waals surface area contributed by atoms with Crippen molar-refractivity contribution in [2.45, 2.75) is 173 Å². The molecule has 14 atom stereocenters. The average molecular weight is 1130 g/mol. The lowest BCUT2D eigenvalue weighted by Crippen LogP contribution is -2.60. The summed E-state index contributed by atoms with van der Waals surface area (Å²) in [6.07, 6.45) is 4.46. The van der Waals surface area contributed by atoms with E-state index >= 15 is 0 Å². The van der Waals surface area contributed by atoms with Gasteiger partial charge in [-0.1, -0.05) is 50.2 Å². The van der Waals surface area contributed by atoms with Crippen LogP contribution >= 0.6 is 0 Å². The molecule has 21 nitrogen and oxygen atoms in total. The number of halogens is 1. The molecule has 0 unspecified atom stereocenters. The smallest absolute Gasteiger partial charge is 0.316 e. The lowest BCUT2D eigenvalue weighted by molar-refractivity contribution is -0.296. The number of benzene rings is 1. The summed E-state index contributed by atoms with van der Waals surface area (Å²) < 4.78 is 68.2. The normalized spacial score (nSPS) is 31.8. The average Bonchev–Trinajstić information content (AvgIpc) is 4.24. The quantitative estimate of drug-likeness (QED) is 0.0732. The van der Waals surface area contributed by atoms with Crippen molar-refractivity contribution in [2.75, 3.05) is 33.1 Å². The molecule has 23 heteroatoms. The number of carbonyl (C=O) groups is 3. The number of sulfone groups is 1. The van der Waals surface area contributed by atoms with Crippen LogP contribution in [0.5, 0.6) is 0 Å². The number of amides is 1. The number of aliphatic hydroxyl groups is 2. The predicted octanol–water partition coefficient (Wildman–Crippen LogP) is 6.08. The second-order valence-corrected chi connectivity index (χ2v) is 24.6. The fraction of sp³-hybridized carbons (Fsp3) is 0.632. The van der Waals surface area contributed by atoms with Crippen molar-refractivity contribution in [1.29, 1.82) is 0 Å². The van der Waals surface area contributed by atoms with Gasteiger partial charge in [-0.25, -0.2) is 27.2 Å². The van der Waals surface area contributed by atoms with Crippen LogP contribution in [0.2, 0.25) is 0 Å². The number of pyridine rings is 1. The first-order valence-corrected chi connectivity index (χ1v) is 29.5. The van der Waals surface area contributed by atoms with Crippen molar-refractivity contribution >= 4 is 38.9 Å². The van der Waals surface area contributed by atoms with Gasteiger partial charge in [0, 0.05) is 68.3 Å². The van der Waals surface area contributed by atoms with Crippen LogP contribution in [0.15, 0.2) is 82.3 Å². The third-order valence-electron chi connectivity index (χ3n) is 16.3. The highest BCUT2D eigenvalue weighted by atomic mass is 32.2. The molecule has 438 valence electrons. The Morgan fingerprint density at radius 3 is 2.44 bits per heavy atom. The molecule has 3 aliphatic rings. The number of aliphatic hydroxyl groups excluding tert-OH is 1. The first kappa shape index (κ1) is 61.9. The number of cyclic esters (lactones) is 1. The van der Waals surface area contributed by atoms with Gasteiger partial charge in [0.1, 0.15) is 30.4 Å². The Hall–Kier alpha value is -5.69. The molecule has 7 rings (SSSR count). The van der Waals surface area contributed by atoms with Crippen LogP contribution in [-0.4, -0.2) is 163 Å². The van der Waals surface area contributed by atoms with Gasteiger partial charge in [0.15, 0.2) is 28.5 Å². The lowest BCUT2D eigenvalue weighted by atomic mass is 9.68. The number of nitrogens with zero attached hydrogens (tertiary/aromatic N) is 9. The number of carbonyl (C=O) groups excluding carboxylic acids is 3. The number of fused-ring (bicyclic) bond motifs is 5. The maximum atomic E-state index is 14.9. The molecule has 3 fully saturated rings. The molecule has 80 heavy (non-hydrogen) atoms. The molecule has 1 amide bonds. The van der Waals surface area contributed by atoms with Gasteiger partial charge in [-0.05, 0) is 121 Å². The minimum atomic E-state index is -3.39. The van der Waals surface area contributed by atoms with Crippen LogP contribution in [0, 0.1) is 29.6 Å². The van der Waals surface area contributed by atoms with E-state index in [2.05, 4.69) is 30.5 Å². The third-order valence-corrected chi connectivity index (χ3v) is 17.4. The highest BCUT2D eigenvalue weighted by Crippen LogP contribution is 2.43. The minimum Gasteiger partial charge on any atom is -0.459 e. The second kappa shape index (κ2) is 26.5. The third kappa shape index (κ3) is 14.9. The molecular weight excluding hydrogens is 1050 g/mol. The summed E-state index contributed by atoms with van der Waals surface area (Å²) in [5, 5.41) is 42.5. The molecule has 4 aromatic rings. The summed E-state index contributed by atoms with van der Waals surface area (Å²) in [6.45, 7) is 14.9. The van der Waals surface area contributed by atoms with Crippen LogP contribution in [-0.2, 0) is 67.5 Å². The number of aliphatic imine (C=N–C) groups is 1. The number of hydrogen-bond acceptors (Lipinski definition) is 18. The SMILES string of the molecule is CC[C@H]1OC(=O)[C@H](C)C(=O)[C@H](C)[C@@H](O[C@@H]2O[C@H](C)C[C@H](N(C)CCc3cn([C@H](CF)Cc4ccc(S(C)(=O)=O)cc4)nn3)[C@H]2O)[C@@]2(C)C[C@@H](C)C(=NC(C)=O)[C@H](C)[C@@H](CC/C(=N\OCc3ccc(-n4cccn4)cn3)CO2)[C@]1(C)O. The topological polar surface area (TPSA) is 261 Å². The molecule has 0 spiro atoms. The standard InChI is InChI=1S/C57H80FN9O12S/c1-12-49-57(9,72)47-21-17-43(63-76-33-42-16-18-44(30-59-42)66-24-13-23-60-66)32-75-56(8,28-34(2)50(36(47)4)61-39(7)68)53(37(5)51(69)38(6)54(71)78-49)79-55-52(70)48(26-35(3)77-55)65(10)25-22-41-31-67(64-62-41)45(29-58)27-40-14-19-46(20-15-40)80(11,73)74/h13-16,18-20,23-24,30-31,34-38,45,47-49,52-53,55,70,72H,12,17,21-22,25-29,32-33H2,1-11H3/b61-50?,63-43+/t34-,35-,36-,37+,38-,45+,47-,48+,49-,52-,53-,55+,56-,57+/m1/s1. The number of oxime groups is 1. The zero-order valence-corrected chi connectivity index (χ0v) is 48.7. The molecule has 0 aliphatic carbocycles. The Morgan fingerprint density at radius 1 is 1.06 bits per heavy atom. The summed E-state index contributed by atoms with van der Waals surface area (Å²) in [4.78, 5) is 59.5. The molecule has 1 aromatic carbocycles. The second-order valence-electron chi connectivity index (χ2n) is 22.6. The van der Waals surface area contributed by atoms with Crippen LogP contribution in [0.3, 0.4) is 0 Å². The van der Waals surface area contributed by atoms with E-state index < -0.39 is 118 Å². The molecule has 0 saturated carbocycles. The number of Topliss-reactive ketones (excluding diaryl/α,β-unsaturated/α-hetero) is 1. The molecule has 0 radical (unpaired) electrons. The van der Waals surface area contributed by atoms with E-state index in [-0.39, 0.29) is 50.2 Å². The maximum absolute atomic E-state index is 14.9. The summed E-state index contributed by atoms with van der Waals surface area (Å²) in [5.74, 6) is -6.00. The van der Waals surface area contributed by atoms with Crippen molar-refractivity contribution in [1.82, 2.24) is 34.7 Å². The predicted molar refractivity (Wildman–Crippen MR) is 294 cm³/mol. The van der Waals surface area contributed by atoms with Gasteiger partial charge in [0.05, 0.1) is 64.3 Å². The number of rotatable bonds is 16. The van der Waals surface area contributed by atoms with E-state index in [1.54, 1.807) is 63.1 Å². The van der Waals surface area contributed by atoms with Gasteiger partial charge in [0.2, 0.25) is 5.91 Å². The van der Waals surface area contributed by atoms with Gasteiger partial charge < -0.3 is 38.9 Å². The van der Waals surface area contributed by atoms with Crippen LogP contribution in [0.1, 0.15) is 117 Å². The largest absolute Gasteiger partial charge is 0.459 e. The van der Waals surface area contributed by atoms with Gasteiger partial charge in [-0.3, -0.25) is 19.4 Å². The van der Waals surface area contributed by atoms with Crippen LogP contribution < -0.4 is 0 Å². The summed E-state index contributed by atoms with van der Waals surface area (Å²) >= 11 is 0. The van der Waals surface area contributed by atoms with Crippen molar-refractivity contribution in [2.24, 2.45) is 39.7 Å². The lowest BCUT2D eigenvalue weighted by Gasteiger charge is -2.48. The number of hydrogen-bond donors (Lipinski definition) is 2. The summed E-state index contributed by atoms with van der Waals surface area (Å²) in [7, 11) is -1.53. The Morgan fingerprint density at radius 2 is 1.80 bits per heavy atom. The molecule has 3 aromatic heterocycles. The Kier molecular flexibility index (Phi) is 20.5. The fourth-order valence-corrected chi connectivity index (χ4v) is 12.4. The van der Waals surface area contributed by atoms with E-state index in [0.29, 0.717) is 42.2 Å². The first-order valence-electron chi connectivity index (χ1n) is 27.6. The number of esters is 1. The summed E-state index contributed by atoms with van der Waals surface area (Å²) in [6, 6.07) is 10.6. The summed E-state index contributed by atoms with van der Waals surface area (Å²) in [5.41, 5.74) is 0.453. The highest BCUT2D eigenvalue weighted by molar-refractivity contribution is 7.90. The fourth-order valence-electron chi connectivity index (χ4n) is 11.7. The van der Waals surface area contributed by atoms with Gasteiger partial charge in [-0.2, -0.15) is 5.10 Å². The molecule has 6 heterocycles. The number of alkyl halides is 1. The van der Waals surface area contributed by atoms with Crippen molar-refractivity contribution in [3.63, 3.8) is 0 Å². The van der Waals surface area contributed by atoms with E-state index in [0.717, 1.165) is 17.5 Å². The minimum absolute atomic E-state index is 0.00473. The highest BCUT2D eigenvalue weighted by Gasteiger charge is 2.53. The first-order chi connectivity index (χ1) is 37.8. The van der Waals surface area contributed by atoms with Gasteiger partial charge in [0.25, 0.3) is 0 Å². The van der Waals surface area contributed by atoms with Gasteiger partial charge in [-0.15, -0.1) is 5.10 Å². The van der Waals surface area contributed by atoms with E-state index in [4.69, 9.17) is 23.8 Å². The van der Waals surface area contributed by atoms with Crippen molar-refractivity contribution < 1.29 is 61.2 Å². The van der Waals surface area contributed by atoms with E-state index in [9.17, 15) is 37.4 Å². The number of ketones is 1. The number of ether oxygens (including phenoxy) is 4. The molecular formula is C57H80FN9O12S. The Bertz CT molecular complexity index is 2900. The van der Waals surface area contributed by atoms with E-state index in [1.165, 1.54) is 30.7 Å².